The first-order valence-corrected chi connectivity index (χ1v) is 10.7. The van der Waals surface area contributed by atoms with Gasteiger partial charge in [0.1, 0.15) is 0 Å². The first-order valence-electron chi connectivity index (χ1n) is 9.96. The van der Waals surface area contributed by atoms with Crippen LogP contribution in [0.3, 0.4) is 0 Å². The third kappa shape index (κ3) is 2.99. The Kier molecular flexibility index (Phi) is 4.75. The molecule has 4 heterocycles. The van der Waals surface area contributed by atoms with Gasteiger partial charge in [-0.25, -0.2) is 0 Å². The molecule has 1 atom stereocenters. The van der Waals surface area contributed by atoms with Gasteiger partial charge in [0.15, 0.2) is 0 Å². The van der Waals surface area contributed by atoms with Crippen LogP contribution in [0.2, 0.25) is 10.0 Å². The number of hydrogen-bond donors (Lipinski definition) is 1. The molecule has 1 N–H and O–H groups in total. The highest BCUT2D eigenvalue weighted by Crippen LogP contribution is 2.42. The highest BCUT2D eigenvalue weighted by atomic mass is 35.5. The Balaban J connectivity index is 1.55. The number of hydrogen-bond acceptors (Lipinski definition) is 3. The van der Waals surface area contributed by atoms with E-state index in [0.29, 0.717) is 42.6 Å². The van der Waals surface area contributed by atoms with Crippen molar-refractivity contribution < 1.29 is 9.59 Å². The standard InChI is InChI=1S/C21H21Cl2N5O2/c1-26-5-4-12(8-17(26)29)21(30)27-6-7-28-16(11-27)18(13-9-24-25-10-13)14-2-3-15(22)19(23)20(14)28/h2-3,9-10,12H,4-8,11H2,1H3,(H,24,25). The number of amides is 2. The van der Waals surface area contributed by atoms with E-state index in [0.717, 1.165) is 27.7 Å². The molecule has 0 saturated carbocycles. The van der Waals surface area contributed by atoms with Crippen LogP contribution in [0.1, 0.15) is 18.5 Å². The molecule has 1 saturated heterocycles. The maximum atomic E-state index is 13.2. The van der Waals surface area contributed by atoms with E-state index in [4.69, 9.17) is 23.2 Å². The molecule has 7 nitrogen and oxygen atoms in total. The maximum absolute atomic E-state index is 13.2. The monoisotopic (exact) mass is 445 g/mol. The third-order valence-corrected chi connectivity index (χ3v) is 7.06. The molecule has 9 heteroatoms. The number of fused-ring (bicyclic) bond motifs is 3. The van der Waals surface area contributed by atoms with Gasteiger partial charge in [-0.2, -0.15) is 5.10 Å². The predicted octanol–water partition coefficient (Wildman–Crippen LogP) is 3.55. The SMILES string of the molecule is CN1CCC(C(=O)N2CCn3c(c(-c4cn[nH]c4)c4ccc(Cl)c(Cl)c43)C2)CC1=O. The van der Waals surface area contributed by atoms with Crippen LogP contribution >= 0.6 is 23.2 Å². The smallest absolute Gasteiger partial charge is 0.226 e. The minimum Gasteiger partial charge on any atom is -0.346 e. The molecule has 5 rings (SSSR count). The number of H-pyrrole nitrogens is 1. The molecule has 0 aliphatic carbocycles. The highest BCUT2D eigenvalue weighted by Gasteiger charge is 2.34. The van der Waals surface area contributed by atoms with Crippen LogP contribution in [-0.4, -0.2) is 56.5 Å². The summed E-state index contributed by atoms with van der Waals surface area (Å²) < 4.78 is 2.16. The number of aromatic nitrogens is 3. The molecule has 30 heavy (non-hydrogen) atoms. The molecule has 2 aliphatic heterocycles. The molecule has 0 radical (unpaired) electrons. The Hall–Kier alpha value is -2.51. The lowest BCUT2D eigenvalue weighted by atomic mass is 9.94. The van der Waals surface area contributed by atoms with Crippen molar-refractivity contribution in [2.24, 2.45) is 5.92 Å². The van der Waals surface area contributed by atoms with E-state index in [9.17, 15) is 9.59 Å². The summed E-state index contributed by atoms with van der Waals surface area (Å²) in [7, 11) is 1.79. The molecule has 3 aromatic rings. The molecular weight excluding hydrogens is 425 g/mol. The van der Waals surface area contributed by atoms with Crippen LogP contribution in [0.5, 0.6) is 0 Å². The van der Waals surface area contributed by atoms with Crippen LogP contribution in [0.25, 0.3) is 22.0 Å². The van der Waals surface area contributed by atoms with Gasteiger partial charge >= 0.3 is 0 Å². The summed E-state index contributed by atoms with van der Waals surface area (Å²) in [6.07, 6.45) is 4.60. The zero-order valence-corrected chi connectivity index (χ0v) is 18.0. The molecule has 2 aromatic heterocycles. The fourth-order valence-corrected chi connectivity index (χ4v) is 5.05. The Morgan fingerprint density at radius 3 is 2.80 bits per heavy atom. The van der Waals surface area contributed by atoms with E-state index in [-0.39, 0.29) is 24.2 Å². The zero-order valence-electron chi connectivity index (χ0n) is 16.5. The van der Waals surface area contributed by atoms with Crippen molar-refractivity contribution in [1.82, 2.24) is 24.6 Å². The first-order chi connectivity index (χ1) is 14.5. The summed E-state index contributed by atoms with van der Waals surface area (Å²) in [6, 6.07) is 3.77. The summed E-state index contributed by atoms with van der Waals surface area (Å²) in [5.74, 6) is -0.165. The summed E-state index contributed by atoms with van der Waals surface area (Å²) in [6.45, 7) is 2.28. The molecule has 0 bridgehead atoms. The molecule has 156 valence electrons. The van der Waals surface area contributed by atoms with E-state index in [2.05, 4.69) is 14.8 Å². The van der Waals surface area contributed by atoms with Gasteiger partial charge in [-0.3, -0.25) is 14.7 Å². The fourth-order valence-electron chi connectivity index (χ4n) is 4.63. The summed E-state index contributed by atoms with van der Waals surface area (Å²) in [4.78, 5) is 28.9. The number of aromatic amines is 1. The van der Waals surface area contributed by atoms with Gasteiger partial charge < -0.3 is 14.4 Å². The second-order valence-electron chi connectivity index (χ2n) is 7.98. The average molecular weight is 446 g/mol. The molecule has 2 amide bonds. The average Bonchev–Trinajstić information content (AvgIpc) is 3.37. The minimum atomic E-state index is -0.250. The Morgan fingerprint density at radius 2 is 2.07 bits per heavy atom. The van der Waals surface area contributed by atoms with Gasteiger partial charge in [0.05, 0.1) is 28.3 Å². The second-order valence-corrected chi connectivity index (χ2v) is 8.77. The number of nitrogens with one attached hydrogen (secondary N) is 1. The van der Waals surface area contributed by atoms with Gasteiger partial charge in [0, 0.05) is 67.4 Å². The summed E-state index contributed by atoms with van der Waals surface area (Å²) in [5, 5.41) is 8.99. The van der Waals surface area contributed by atoms with Crippen LogP contribution in [0, 0.1) is 5.92 Å². The molecule has 1 aromatic carbocycles. The number of piperidine rings is 1. The van der Waals surface area contributed by atoms with Crippen molar-refractivity contribution in [2.75, 3.05) is 20.1 Å². The Morgan fingerprint density at radius 1 is 1.23 bits per heavy atom. The number of nitrogens with zero attached hydrogens (tertiary/aromatic N) is 4. The van der Waals surface area contributed by atoms with E-state index in [1.54, 1.807) is 24.2 Å². The number of carbonyl (C=O) groups excluding carboxylic acids is 2. The molecule has 1 fully saturated rings. The van der Waals surface area contributed by atoms with Crippen molar-refractivity contribution in [1.29, 1.82) is 0 Å². The third-order valence-electron chi connectivity index (χ3n) is 6.26. The topological polar surface area (TPSA) is 74.2 Å². The first kappa shape index (κ1) is 19.5. The molecule has 2 aliphatic rings. The summed E-state index contributed by atoms with van der Waals surface area (Å²) >= 11 is 12.9. The van der Waals surface area contributed by atoms with Gasteiger partial charge in [-0.15, -0.1) is 0 Å². The normalized spacial score (nSPS) is 19.4. The van der Waals surface area contributed by atoms with Gasteiger partial charge in [-0.1, -0.05) is 29.3 Å². The number of likely N-dealkylation sites (tertiary alicyclic amines) is 1. The fraction of sp³-hybridized carbons (Fsp3) is 0.381. The van der Waals surface area contributed by atoms with E-state index in [1.807, 2.05) is 17.2 Å². The zero-order chi connectivity index (χ0) is 21.0. The Bertz CT molecular complexity index is 1150. The maximum Gasteiger partial charge on any atom is 0.226 e. The van der Waals surface area contributed by atoms with Crippen molar-refractivity contribution in [2.45, 2.75) is 25.9 Å². The number of benzene rings is 1. The van der Waals surface area contributed by atoms with E-state index < -0.39 is 0 Å². The number of rotatable bonds is 2. The van der Waals surface area contributed by atoms with Gasteiger partial charge in [0.2, 0.25) is 11.8 Å². The number of carbonyl (C=O) groups is 2. The quantitative estimate of drug-likeness (QED) is 0.655. The van der Waals surface area contributed by atoms with Gasteiger partial charge in [0.25, 0.3) is 0 Å². The lowest BCUT2D eigenvalue weighted by Crippen LogP contribution is -2.46. The van der Waals surface area contributed by atoms with Crippen LogP contribution in [-0.2, 0) is 22.7 Å². The molecule has 0 spiro atoms. The predicted molar refractivity (Wildman–Crippen MR) is 115 cm³/mol. The largest absolute Gasteiger partial charge is 0.346 e. The van der Waals surface area contributed by atoms with Crippen molar-refractivity contribution in [3.05, 3.63) is 40.3 Å². The van der Waals surface area contributed by atoms with Crippen molar-refractivity contribution >= 4 is 45.9 Å². The lowest BCUT2D eigenvalue weighted by molar-refractivity contribution is -0.145. The highest BCUT2D eigenvalue weighted by molar-refractivity contribution is 6.45. The number of halogens is 2. The van der Waals surface area contributed by atoms with E-state index >= 15 is 0 Å². The van der Waals surface area contributed by atoms with E-state index in [1.165, 1.54) is 0 Å². The second kappa shape index (κ2) is 7.32. The minimum absolute atomic E-state index is 0.0335. The van der Waals surface area contributed by atoms with Crippen LogP contribution < -0.4 is 0 Å². The summed E-state index contributed by atoms with van der Waals surface area (Å²) in [5.41, 5.74) is 3.84. The lowest BCUT2D eigenvalue weighted by Gasteiger charge is -2.35. The van der Waals surface area contributed by atoms with Crippen molar-refractivity contribution in [3.8, 4) is 11.1 Å². The van der Waals surface area contributed by atoms with Crippen LogP contribution in [0.15, 0.2) is 24.5 Å². The molecule has 1 unspecified atom stereocenters. The van der Waals surface area contributed by atoms with Crippen molar-refractivity contribution in [3.63, 3.8) is 0 Å². The Labute approximate surface area is 183 Å². The van der Waals surface area contributed by atoms with Gasteiger partial charge in [-0.05, 0) is 12.5 Å². The van der Waals surface area contributed by atoms with Crippen LogP contribution in [0.4, 0.5) is 0 Å². The molecular formula is C21H21Cl2N5O2.